The van der Waals surface area contributed by atoms with Crippen molar-refractivity contribution in [2.75, 3.05) is 6.54 Å². The van der Waals surface area contributed by atoms with E-state index in [-0.39, 0.29) is 0 Å². The summed E-state index contributed by atoms with van der Waals surface area (Å²) in [6.07, 6.45) is 3.40. The maximum Gasteiger partial charge on any atom is 0.166 e. The molecule has 5 heteroatoms. The summed E-state index contributed by atoms with van der Waals surface area (Å²) in [7, 11) is 0. The molecule has 0 saturated carbocycles. The summed E-state index contributed by atoms with van der Waals surface area (Å²) >= 11 is 6.24. The van der Waals surface area contributed by atoms with Gasteiger partial charge in [-0.2, -0.15) is 0 Å². The third-order valence-corrected chi connectivity index (χ3v) is 3.18. The zero-order valence-corrected chi connectivity index (χ0v) is 13.1. The molecule has 0 aliphatic carbocycles. The van der Waals surface area contributed by atoms with E-state index in [4.69, 9.17) is 16.3 Å². The highest BCUT2D eigenvalue weighted by molar-refractivity contribution is 6.32. The molecular weight excluding hydrogens is 286 g/mol. The van der Waals surface area contributed by atoms with E-state index in [0.29, 0.717) is 29.1 Å². The van der Waals surface area contributed by atoms with E-state index in [1.165, 1.54) is 0 Å². The molecule has 0 spiro atoms. The summed E-state index contributed by atoms with van der Waals surface area (Å²) in [5.74, 6) is 1.94. The Kier molecular flexibility index (Phi) is 5.96. The van der Waals surface area contributed by atoms with Crippen LogP contribution in [0.2, 0.25) is 5.02 Å². The first-order valence-corrected chi connectivity index (χ1v) is 7.41. The van der Waals surface area contributed by atoms with Gasteiger partial charge in [0.25, 0.3) is 0 Å². The van der Waals surface area contributed by atoms with Crippen molar-refractivity contribution in [1.82, 2.24) is 15.3 Å². The van der Waals surface area contributed by atoms with Crippen LogP contribution in [0, 0.1) is 5.92 Å². The Morgan fingerprint density at radius 2 is 1.95 bits per heavy atom. The monoisotopic (exact) mass is 305 g/mol. The zero-order chi connectivity index (χ0) is 15.1. The normalized spacial score (nSPS) is 10.9. The third-order valence-electron chi connectivity index (χ3n) is 2.88. The van der Waals surface area contributed by atoms with Crippen LogP contribution in [0.4, 0.5) is 0 Å². The van der Waals surface area contributed by atoms with Gasteiger partial charge in [0.1, 0.15) is 12.4 Å². The molecule has 0 amide bonds. The highest BCUT2D eigenvalue weighted by atomic mass is 35.5. The molecule has 1 aromatic carbocycles. The average Bonchev–Trinajstić information content (AvgIpc) is 2.47. The Labute approximate surface area is 130 Å². The van der Waals surface area contributed by atoms with Gasteiger partial charge in [-0.25, -0.2) is 9.97 Å². The number of aromatic nitrogens is 2. The third kappa shape index (κ3) is 4.99. The molecule has 1 N–H and O–H groups in total. The number of hydrogen-bond acceptors (Lipinski definition) is 4. The van der Waals surface area contributed by atoms with Crippen LogP contribution in [0.15, 0.2) is 36.7 Å². The molecule has 0 atom stereocenters. The van der Waals surface area contributed by atoms with Crippen molar-refractivity contribution in [3.63, 3.8) is 0 Å². The minimum Gasteiger partial charge on any atom is -0.484 e. The molecule has 0 aliphatic heterocycles. The van der Waals surface area contributed by atoms with Gasteiger partial charge < -0.3 is 10.1 Å². The Hall–Kier alpha value is -1.65. The minimum absolute atomic E-state index is 0.307. The van der Waals surface area contributed by atoms with E-state index in [2.05, 4.69) is 29.1 Å². The first-order chi connectivity index (χ1) is 10.2. The largest absolute Gasteiger partial charge is 0.484 e. The number of para-hydroxylation sites is 1. The summed E-state index contributed by atoms with van der Waals surface area (Å²) in [6.45, 7) is 6.34. The quantitative estimate of drug-likeness (QED) is 0.851. The summed E-state index contributed by atoms with van der Waals surface area (Å²) in [5.41, 5.74) is 1.04. The fourth-order valence-corrected chi connectivity index (χ4v) is 2.14. The Balaban J connectivity index is 2.03. The number of nitrogens with zero attached hydrogens (tertiary/aromatic N) is 2. The number of nitrogens with one attached hydrogen (secondary N) is 1. The van der Waals surface area contributed by atoms with Gasteiger partial charge in [-0.15, -0.1) is 0 Å². The van der Waals surface area contributed by atoms with Gasteiger partial charge in [0.05, 0.1) is 5.02 Å². The van der Waals surface area contributed by atoms with Crippen molar-refractivity contribution in [2.24, 2.45) is 5.92 Å². The first kappa shape index (κ1) is 15.7. The van der Waals surface area contributed by atoms with Crippen molar-refractivity contribution in [3.8, 4) is 5.75 Å². The van der Waals surface area contributed by atoms with Crippen LogP contribution >= 0.6 is 11.6 Å². The molecule has 0 aliphatic rings. The minimum atomic E-state index is 0.307. The molecule has 0 saturated heterocycles. The molecule has 1 heterocycles. The van der Waals surface area contributed by atoms with Crippen LogP contribution in [0.3, 0.4) is 0 Å². The molecule has 112 valence electrons. The first-order valence-electron chi connectivity index (χ1n) is 7.03. The van der Waals surface area contributed by atoms with Gasteiger partial charge in [-0.3, -0.25) is 0 Å². The number of hydrogen-bond donors (Lipinski definition) is 1. The maximum absolute atomic E-state index is 6.24. The molecule has 0 bridgehead atoms. The highest BCUT2D eigenvalue weighted by Gasteiger charge is 2.09. The smallest absolute Gasteiger partial charge is 0.166 e. The SMILES string of the molecule is CC(C)CNCc1cccc(Cl)c1OCc1ncccn1. The number of benzene rings is 1. The molecule has 1 aromatic heterocycles. The predicted molar refractivity (Wildman–Crippen MR) is 84.4 cm³/mol. The van der Waals surface area contributed by atoms with Gasteiger partial charge in [-0.1, -0.05) is 37.6 Å². The summed E-state index contributed by atoms with van der Waals surface area (Å²) in [4.78, 5) is 8.29. The molecule has 4 nitrogen and oxygen atoms in total. The second-order valence-corrected chi connectivity index (χ2v) is 5.61. The summed E-state index contributed by atoms with van der Waals surface area (Å²) in [6, 6.07) is 7.55. The van der Waals surface area contributed by atoms with Gasteiger partial charge in [0, 0.05) is 24.5 Å². The van der Waals surface area contributed by atoms with Crippen molar-refractivity contribution < 1.29 is 4.74 Å². The molecule has 0 radical (unpaired) electrons. The van der Waals surface area contributed by atoms with Crippen LogP contribution in [-0.4, -0.2) is 16.5 Å². The fraction of sp³-hybridized carbons (Fsp3) is 0.375. The zero-order valence-electron chi connectivity index (χ0n) is 12.3. The molecule has 0 fully saturated rings. The van der Waals surface area contributed by atoms with Crippen LogP contribution in [0.5, 0.6) is 5.75 Å². The maximum atomic E-state index is 6.24. The van der Waals surface area contributed by atoms with Crippen LogP contribution in [-0.2, 0) is 13.2 Å². The van der Waals surface area contributed by atoms with Gasteiger partial charge in [-0.05, 0) is 24.6 Å². The topological polar surface area (TPSA) is 47.0 Å². The molecule has 0 unspecified atom stereocenters. The van der Waals surface area contributed by atoms with Crippen LogP contribution < -0.4 is 10.1 Å². The Morgan fingerprint density at radius 3 is 2.67 bits per heavy atom. The fourth-order valence-electron chi connectivity index (χ4n) is 1.89. The van der Waals surface area contributed by atoms with Crippen LogP contribution in [0.1, 0.15) is 25.2 Å². The molecule has 21 heavy (non-hydrogen) atoms. The van der Waals surface area contributed by atoms with E-state index in [1.807, 2.05) is 18.2 Å². The molecular formula is C16H20ClN3O. The van der Waals surface area contributed by atoms with Gasteiger partial charge in [0.2, 0.25) is 0 Å². The van der Waals surface area contributed by atoms with E-state index in [1.54, 1.807) is 18.5 Å². The second-order valence-electron chi connectivity index (χ2n) is 5.21. The lowest BCUT2D eigenvalue weighted by Crippen LogP contribution is -2.19. The number of halogens is 1. The number of rotatable bonds is 7. The lowest BCUT2D eigenvalue weighted by atomic mass is 10.2. The Bertz CT molecular complexity index is 561. The standard InChI is InChI=1S/C16H20ClN3O/c1-12(2)9-18-10-13-5-3-6-14(17)16(13)21-11-15-19-7-4-8-20-15/h3-8,12,18H,9-11H2,1-2H3. The van der Waals surface area contributed by atoms with E-state index in [0.717, 1.165) is 18.7 Å². The number of ether oxygens (including phenoxy) is 1. The predicted octanol–water partition coefficient (Wildman–Crippen LogP) is 3.45. The van der Waals surface area contributed by atoms with Crippen molar-refractivity contribution >= 4 is 11.6 Å². The van der Waals surface area contributed by atoms with E-state index < -0.39 is 0 Å². The van der Waals surface area contributed by atoms with Crippen molar-refractivity contribution in [1.29, 1.82) is 0 Å². The molecule has 2 aromatic rings. The van der Waals surface area contributed by atoms with Crippen LogP contribution in [0.25, 0.3) is 0 Å². The van der Waals surface area contributed by atoms with Crippen molar-refractivity contribution in [2.45, 2.75) is 27.0 Å². The Morgan fingerprint density at radius 1 is 1.19 bits per heavy atom. The van der Waals surface area contributed by atoms with Gasteiger partial charge in [0.15, 0.2) is 5.82 Å². The van der Waals surface area contributed by atoms with E-state index in [9.17, 15) is 0 Å². The average molecular weight is 306 g/mol. The highest BCUT2D eigenvalue weighted by Crippen LogP contribution is 2.29. The van der Waals surface area contributed by atoms with E-state index >= 15 is 0 Å². The molecule has 2 rings (SSSR count). The van der Waals surface area contributed by atoms with Crippen molar-refractivity contribution in [3.05, 3.63) is 53.1 Å². The lowest BCUT2D eigenvalue weighted by Gasteiger charge is -2.14. The summed E-state index contributed by atoms with van der Waals surface area (Å²) in [5, 5.41) is 4.00. The van der Waals surface area contributed by atoms with Gasteiger partial charge >= 0.3 is 0 Å². The lowest BCUT2D eigenvalue weighted by molar-refractivity contribution is 0.292. The summed E-state index contributed by atoms with van der Waals surface area (Å²) < 4.78 is 5.81. The second kappa shape index (κ2) is 7.96.